The van der Waals surface area contributed by atoms with Crippen LogP contribution in [-0.2, 0) is 4.79 Å². The van der Waals surface area contributed by atoms with Gasteiger partial charge in [0, 0.05) is 11.8 Å². The molecule has 0 aromatic heterocycles. The molecule has 0 spiro atoms. The van der Waals surface area contributed by atoms with Crippen LogP contribution < -0.4 is 5.32 Å². The Balaban J connectivity index is 2.70. The van der Waals surface area contributed by atoms with Crippen LogP contribution in [0.3, 0.4) is 0 Å². The maximum absolute atomic E-state index is 11.5. The summed E-state index contributed by atoms with van der Waals surface area (Å²) in [5.74, 6) is -0.259. The SMILES string of the molecule is [2H]c1c([2H])c([2H])c(C2=CC(=O)CC(=S)N2)c([2H])c1[2H]. The fourth-order valence-corrected chi connectivity index (χ4v) is 1.37. The van der Waals surface area contributed by atoms with Crippen LogP contribution in [0, 0.1) is 0 Å². The van der Waals surface area contributed by atoms with E-state index in [0.717, 1.165) is 0 Å². The van der Waals surface area contributed by atoms with Crippen molar-refractivity contribution in [1.82, 2.24) is 5.32 Å². The molecule has 1 aliphatic heterocycles. The normalized spacial score (nSPS) is 21.1. The Morgan fingerprint density at radius 1 is 1.36 bits per heavy atom. The molecular weight excluding hydrogens is 194 g/mol. The molecule has 70 valence electrons. The van der Waals surface area contributed by atoms with Gasteiger partial charge < -0.3 is 5.32 Å². The van der Waals surface area contributed by atoms with Crippen LogP contribution in [-0.4, -0.2) is 10.8 Å². The largest absolute Gasteiger partial charge is 0.349 e. The van der Waals surface area contributed by atoms with E-state index in [-0.39, 0.29) is 40.5 Å². The van der Waals surface area contributed by atoms with E-state index in [9.17, 15) is 4.79 Å². The summed E-state index contributed by atoms with van der Waals surface area (Å²) in [5, 5.41) is 2.72. The average molecular weight is 208 g/mol. The molecule has 1 aliphatic rings. The highest BCUT2D eigenvalue weighted by Gasteiger charge is 2.14. The summed E-state index contributed by atoms with van der Waals surface area (Å²) in [6.45, 7) is 0. The van der Waals surface area contributed by atoms with Crippen LogP contribution in [0.4, 0.5) is 0 Å². The quantitative estimate of drug-likeness (QED) is 0.715. The highest BCUT2D eigenvalue weighted by molar-refractivity contribution is 7.80. The Bertz CT molecular complexity index is 611. The third-order valence-electron chi connectivity index (χ3n) is 1.68. The predicted molar refractivity (Wildman–Crippen MR) is 59.8 cm³/mol. The van der Waals surface area contributed by atoms with E-state index in [2.05, 4.69) is 5.32 Å². The summed E-state index contributed by atoms with van der Waals surface area (Å²) in [5.41, 5.74) is 0.111. The van der Waals surface area contributed by atoms with Gasteiger partial charge in [-0.15, -0.1) is 0 Å². The first-order valence-corrected chi connectivity index (χ1v) is 4.35. The van der Waals surface area contributed by atoms with Gasteiger partial charge in [-0.1, -0.05) is 42.4 Å². The molecule has 0 unspecified atom stereocenters. The third kappa shape index (κ3) is 1.88. The highest BCUT2D eigenvalue weighted by atomic mass is 32.1. The molecule has 0 radical (unpaired) electrons. The fourth-order valence-electron chi connectivity index (χ4n) is 1.12. The summed E-state index contributed by atoms with van der Waals surface area (Å²) >= 11 is 4.91. The molecule has 2 nitrogen and oxygen atoms in total. The number of hydrogen-bond acceptors (Lipinski definition) is 2. The van der Waals surface area contributed by atoms with E-state index >= 15 is 0 Å². The topological polar surface area (TPSA) is 29.1 Å². The van der Waals surface area contributed by atoms with Crippen LogP contribution in [0.5, 0.6) is 0 Å². The highest BCUT2D eigenvalue weighted by Crippen LogP contribution is 2.15. The lowest BCUT2D eigenvalue weighted by molar-refractivity contribution is -0.113. The van der Waals surface area contributed by atoms with Crippen molar-refractivity contribution in [2.24, 2.45) is 0 Å². The maximum atomic E-state index is 11.5. The first-order chi connectivity index (χ1) is 8.82. The van der Waals surface area contributed by atoms with Gasteiger partial charge in [0.05, 0.1) is 18.3 Å². The van der Waals surface area contributed by atoms with Crippen molar-refractivity contribution in [2.75, 3.05) is 0 Å². The Morgan fingerprint density at radius 2 is 2.07 bits per heavy atom. The van der Waals surface area contributed by atoms with Crippen LogP contribution in [0.25, 0.3) is 5.70 Å². The van der Waals surface area contributed by atoms with Crippen molar-refractivity contribution in [3.8, 4) is 0 Å². The minimum absolute atomic E-state index is 0.0404. The minimum atomic E-state index is -0.468. The number of nitrogens with one attached hydrogen (secondary N) is 1. The van der Waals surface area contributed by atoms with Crippen molar-refractivity contribution in [2.45, 2.75) is 6.42 Å². The second-order valence-corrected chi connectivity index (χ2v) is 3.24. The van der Waals surface area contributed by atoms with Gasteiger partial charge in [-0.3, -0.25) is 4.79 Å². The van der Waals surface area contributed by atoms with Crippen LogP contribution in [0.2, 0.25) is 0 Å². The van der Waals surface area contributed by atoms with Gasteiger partial charge in [-0.25, -0.2) is 0 Å². The molecular formula is C11H9NOS. The van der Waals surface area contributed by atoms with Crippen molar-refractivity contribution in [1.29, 1.82) is 0 Å². The van der Waals surface area contributed by atoms with Gasteiger partial charge >= 0.3 is 0 Å². The second-order valence-electron chi connectivity index (χ2n) is 2.75. The lowest BCUT2D eigenvalue weighted by Crippen LogP contribution is -2.27. The van der Waals surface area contributed by atoms with E-state index in [1.54, 1.807) is 0 Å². The minimum Gasteiger partial charge on any atom is -0.349 e. The van der Waals surface area contributed by atoms with Gasteiger partial charge in [0.1, 0.15) is 0 Å². The number of ketones is 1. The summed E-state index contributed by atoms with van der Waals surface area (Å²) in [6, 6.07) is -2.07. The molecule has 0 fully saturated rings. The molecule has 3 heteroatoms. The molecule has 0 bridgehead atoms. The summed E-state index contributed by atoms with van der Waals surface area (Å²) in [6.07, 6.45) is 1.28. The standard InChI is InChI=1S/C11H9NOS/c13-9-6-10(12-11(14)7-9)8-4-2-1-3-5-8/h1-6H,7H2,(H,12,14)/i1D,2D,3D,4D,5D. The Morgan fingerprint density at radius 3 is 2.71 bits per heavy atom. The molecule has 0 amide bonds. The fraction of sp³-hybridized carbons (Fsp3) is 0.0909. The lowest BCUT2D eigenvalue weighted by atomic mass is 10.1. The zero-order chi connectivity index (χ0) is 14.3. The zero-order valence-corrected chi connectivity index (χ0v) is 7.92. The van der Waals surface area contributed by atoms with Gasteiger partial charge in [0.25, 0.3) is 0 Å². The van der Waals surface area contributed by atoms with Gasteiger partial charge in [0.15, 0.2) is 5.78 Å². The number of allylic oxidation sites excluding steroid dienone is 1. The summed E-state index contributed by atoms with van der Waals surface area (Å²) in [7, 11) is 0. The van der Waals surface area contributed by atoms with Crippen LogP contribution >= 0.6 is 12.2 Å². The number of benzene rings is 1. The average Bonchev–Trinajstić information content (AvgIpc) is 2.33. The monoisotopic (exact) mass is 208 g/mol. The molecule has 2 rings (SSSR count). The van der Waals surface area contributed by atoms with Crippen molar-refractivity contribution >= 4 is 28.7 Å². The molecule has 14 heavy (non-hydrogen) atoms. The number of thiocarbonyl (C=S) groups is 1. The van der Waals surface area contributed by atoms with E-state index in [1.165, 1.54) is 6.08 Å². The van der Waals surface area contributed by atoms with E-state index in [1.807, 2.05) is 0 Å². The number of carbonyl (C=O) groups excluding carboxylic acids is 1. The molecule has 1 N–H and O–H groups in total. The lowest BCUT2D eigenvalue weighted by Gasteiger charge is -2.15. The summed E-state index contributed by atoms with van der Waals surface area (Å²) in [4.78, 5) is 11.7. The molecule has 1 aromatic carbocycles. The van der Waals surface area contributed by atoms with E-state index in [0.29, 0.717) is 0 Å². The number of carbonyl (C=O) groups is 1. The van der Waals surface area contributed by atoms with Gasteiger partial charge in [0.2, 0.25) is 0 Å². The zero-order valence-electron chi connectivity index (χ0n) is 12.1. The molecule has 0 atom stereocenters. The first-order valence-electron chi connectivity index (χ1n) is 6.44. The molecule has 1 heterocycles. The van der Waals surface area contributed by atoms with Crippen LogP contribution in [0.1, 0.15) is 18.8 Å². The molecule has 1 aromatic rings. The van der Waals surface area contributed by atoms with Crippen LogP contribution in [0.15, 0.2) is 36.3 Å². The predicted octanol–water partition coefficient (Wildman–Crippen LogP) is 1.92. The maximum Gasteiger partial charge on any atom is 0.164 e. The summed E-state index contributed by atoms with van der Waals surface area (Å²) < 4.78 is 38.2. The van der Waals surface area contributed by atoms with Crippen molar-refractivity contribution in [3.05, 3.63) is 41.9 Å². The Kier molecular flexibility index (Phi) is 1.29. The smallest absolute Gasteiger partial charge is 0.164 e. The second kappa shape index (κ2) is 3.72. The molecule has 0 saturated heterocycles. The van der Waals surface area contributed by atoms with Crippen molar-refractivity contribution in [3.63, 3.8) is 0 Å². The number of hydrogen-bond donors (Lipinski definition) is 1. The Labute approximate surface area is 94.7 Å². The van der Waals surface area contributed by atoms with Gasteiger partial charge in [-0.2, -0.15) is 0 Å². The van der Waals surface area contributed by atoms with E-state index in [4.69, 9.17) is 19.1 Å². The van der Waals surface area contributed by atoms with Crippen molar-refractivity contribution < 1.29 is 11.6 Å². The van der Waals surface area contributed by atoms with E-state index < -0.39 is 18.1 Å². The van der Waals surface area contributed by atoms with Gasteiger partial charge in [-0.05, 0) is 5.56 Å². The third-order valence-corrected chi connectivity index (χ3v) is 1.93. The number of rotatable bonds is 1. The first kappa shape index (κ1) is 4.84. The molecule has 0 saturated carbocycles. The Hall–Kier alpha value is -1.48. The molecule has 0 aliphatic carbocycles.